The highest BCUT2D eigenvalue weighted by atomic mass is 35.5. The predicted octanol–water partition coefficient (Wildman–Crippen LogP) is 4.12. The summed E-state index contributed by atoms with van der Waals surface area (Å²) in [5.74, 6) is -0.509. The van der Waals surface area contributed by atoms with E-state index in [2.05, 4.69) is 28.4 Å². The molecule has 1 amide bonds. The Morgan fingerprint density at radius 3 is 2.68 bits per heavy atom. The number of nitro groups is 1. The highest BCUT2D eigenvalue weighted by molar-refractivity contribution is 6.31. The minimum Gasteiger partial charge on any atom is -0.353 e. The van der Waals surface area contributed by atoms with Crippen molar-refractivity contribution in [2.24, 2.45) is 7.05 Å². The zero-order valence-corrected chi connectivity index (χ0v) is 17.9. The molecule has 0 bridgehead atoms. The first-order valence-corrected chi connectivity index (χ1v) is 10.5. The van der Waals surface area contributed by atoms with Gasteiger partial charge in [0.25, 0.3) is 11.6 Å². The molecule has 1 aromatic heterocycles. The number of carbonyl (C=O) groups excluding carboxylic acids is 1. The van der Waals surface area contributed by atoms with Gasteiger partial charge in [-0.25, -0.2) is 0 Å². The third-order valence-electron chi connectivity index (χ3n) is 5.78. The van der Waals surface area contributed by atoms with Crippen LogP contribution in [0.4, 0.5) is 5.69 Å². The summed E-state index contributed by atoms with van der Waals surface area (Å²) in [6, 6.07) is 16.3. The third-order valence-corrected chi connectivity index (χ3v) is 6.02. The molecule has 160 valence electrons. The van der Waals surface area contributed by atoms with Gasteiger partial charge in [0.2, 0.25) is 0 Å². The number of fused-ring (bicyclic) bond motifs is 1. The first kappa shape index (κ1) is 21.1. The number of nitrogens with zero attached hydrogens (tertiary/aromatic N) is 3. The fraction of sp³-hybridized carbons (Fsp3) is 0.261. The smallest absolute Gasteiger partial charge is 0.282 e. The Morgan fingerprint density at radius 2 is 1.97 bits per heavy atom. The van der Waals surface area contributed by atoms with Gasteiger partial charge in [0.05, 0.1) is 11.0 Å². The van der Waals surface area contributed by atoms with Crippen molar-refractivity contribution in [1.82, 2.24) is 14.8 Å². The average Bonchev–Trinajstić information content (AvgIpc) is 3.19. The summed E-state index contributed by atoms with van der Waals surface area (Å²) < 4.78 is 2.04. The molecule has 7 nitrogen and oxygen atoms in total. The number of hydrogen-bond acceptors (Lipinski definition) is 4. The summed E-state index contributed by atoms with van der Waals surface area (Å²) in [6.07, 6.45) is 2.91. The van der Waals surface area contributed by atoms with Gasteiger partial charge in [-0.1, -0.05) is 35.9 Å². The van der Waals surface area contributed by atoms with Crippen LogP contribution in [0.2, 0.25) is 5.02 Å². The van der Waals surface area contributed by atoms with E-state index in [9.17, 15) is 14.9 Å². The van der Waals surface area contributed by atoms with E-state index in [1.54, 1.807) is 0 Å². The summed E-state index contributed by atoms with van der Waals surface area (Å²) in [7, 11) is 1.98. The van der Waals surface area contributed by atoms with Crippen LogP contribution >= 0.6 is 11.6 Å². The number of halogens is 1. The number of benzene rings is 2. The van der Waals surface area contributed by atoms with E-state index in [-0.39, 0.29) is 22.3 Å². The standard InChI is InChI=1S/C23H23ClN4O3/c1-26-11-4-7-21(26)22(27-12-10-16-5-2-3-6-17(16)15-27)14-25-23(29)19-13-18(24)8-9-20(19)28(30)31/h2-9,11,13,22H,10,12,14-15H2,1H3,(H,25,29). The first-order chi connectivity index (χ1) is 14.9. The second-order valence-electron chi connectivity index (χ2n) is 7.68. The zero-order chi connectivity index (χ0) is 22.0. The summed E-state index contributed by atoms with van der Waals surface area (Å²) in [4.78, 5) is 26.0. The minimum absolute atomic E-state index is 0.0351. The van der Waals surface area contributed by atoms with E-state index in [1.165, 1.54) is 29.3 Å². The molecule has 0 radical (unpaired) electrons. The molecule has 8 heteroatoms. The number of amides is 1. The second-order valence-corrected chi connectivity index (χ2v) is 8.11. The lowest BCUT2D eigenvalue weighted by molar-refractivity contribution is -0.385. The molecule has 1 unspecified atom stereocenters. The maximum absolute atomic E-state index is 12.9. The van der Waals surface area contributed by atoms with Crippen molar-refractivity contribution >= 4 is 23.2 Å². The van der Waals surface area contributed by atoms with Crippen LogP contribution in [0.15, 0.2) is 60.8 Å². The molecule has 0 spiro atoms. The molecule has 0 aliphatic carbocycles. The Balaban J connectivity index is 1.57. The van der Waals surface area contributed by atoms with Gasteiger partial charge in [-0.15, -0.1) is 0 Å². The molecular formula is C23H23ClN4O3. The fourth-order valence-corrected chi connectivity index (χ4v) is 4.33. The number of hydrogen-bond donors (Lipinski definition) is 1. The lowest BCUT2D eigenvalue weighted by atomic mass is 9.97. The zero-order valence-electron chi connectivity index (χ0n) is 17.1. The van der Waals surface area contributed by atoms with Crippen LogP contribution in [0.25, 0.3) is 0 Å². The Kier molecular flexibility index (Phi) is 6.06. The monoisotopic (exact) mass is 438 g/mol. The summed E-state index contributed by atoms with van der Waals surface area (Å²) in [5.41, 5.74) is 3.41. The van der Waals surface area contributed by atoms with Crippen LogP contribution in [0.5, 0.6) is 0 Å². The molecule has 1 N–H and O–H groups in total. The van der Waals surface area contributed by atoms with E-state index in [0.29, 0.717) is 6.54 Å². The molecule has 2 heterocycles. The van der Waals surface area contributed by atoms with Gasteiger partial charge >= 0.3 is 0 Å². The van der Waals surface area contributed by atoms with E-state index in [1.807, 2.05) is 36.0 Å². The maximum atomic E-state index is 12.9. The summed E-state index contributed by atoms with van der Waals surface area (Å²) >= 11 is 5.99. The van der Waals surface area contributed by atoms with Gasteiger partial charge in [-0.05, 0) is 41.8 Å². The molecule has 2 aromatic carbocycles. The van der Waals surface area contributed by atoms with Gasteiger partial charge < -0.3 is 9.88 Å². The quantitative estimate of drug-likeness (QED) is 0.463. The van der Waals surface area contributed by atoms with Crippen LogP contribution in [0.3, 0.4) is 0 Å². The van der Waals surface area contributed by atoms with Gasteiger partial charge in [-0.3, -0.25) is 19.8 Å². The van der Waals surface area contributed by atoms with Crippen molar-refractivity contribution in [3.63, 3.8) is 0 Å². The van der Waals surface area contributed by atoms with Gasteiger partial charge in [0, 0.05) is 49.7 Å². The molecule has 1 aliphatic rings. The molecule has 1 atom stereocenters. The molecule has 0 fully saturated rings. The van der Waals surface area contributed by atoms with Crippen molar-refractivity contribution in [1.29, 1.82) is 0 Å². The van der Waals surface area contributed by atoms with Crippen molar-refractivity contribution < 1.29 is 9.72 Å². The first-order valence-electron chi connectivity index (χ1n) is 10.1. The molecular weight excluding hydrogens is 416 g/mol. The second kappa shape index (κ2) is 8.91. The minimum atomic E-state index is -0.568. The third kappa shape index (κ3) is 4.47. The van der Waals surface area contributed by atoms with E-state index < -0.39 is 10.8 Å². The Bertz CT molecular complexity index is 1130. The number of nitrogens with one attached hydrogen (secondary N) is 1. The molecule has 3 aromatic rings. The normalized spacial score (nSPS) is 14.6. The highest BCUT2D eigenvalue weighted by Crippen LogP contribution is 2.28. The van der Waals surface area contributed by atoms with Gasteiger partial charge in [0.1, 0.15) is 5.56 Å². The van der Waals surface area contributed by atoms with Crippen LogP contribution in [0.1, 0.15) is 33.2 Å². The number of carbonyl (C=O) groups is 1. The molecule has 31 heavy (non-hydrogen) atoms. The van der Waals surface area contributed by atoms with Crippen molar-refractivity contribution in [3.8, 4) is 0 Å². The summed E-state index contributed by atoms with van der Waals surface area (Å²) in [5, 5.41) is 14.5. The predicted molar refractivity (Wildman–Crippen MR) is 119 cm³/mol. The molecule has 0 saturated carbocycles. The van der Waals surface area contributed by atoms with E-state index in [4.69, 9.17) is 11.6 Å². The van der Waals surface area contributed by atoms with Crippen LogP contribution in [0, 0.1) is 10.1 Å². The maximum Gasteiger partial charge on any atom is 0.282 e. The average molecular weight is 439 g/mol. The van der Waals surface area contributed by atoms with E-state index in [0.717, 1.165) is 25.2 Å². The molecule has 1 aliphatic heterocycles. The topological polar surface area (TPSA) is 80.4 Å². The summed E-state index contributed by atoms with van der Waals surface area (Å²) in [6.45, 7) is 1.96. The Morgan fingerprint density at radius 1 is 1.19 bits per heavy atom. The number of aryl methyl sites for hydroxylation is 1. The van der Waals surface area contributed by atoms with Crippen LogP contribution in [-0.2, 0) is 20.0 Å². The van der Waals surface area contributed by atoms with Crippen molar-refractivity contribution in [2.75, 3.05) is 13.1 Å². The van der Waals surface area contributed by atoms with Crippen molar-refractivity contribution in [3.05, 3.63) is 98.3 Å². The van der Waals surface area contributed by atoms with Crippen LogP contribution < -0.4 is 5.32 Å². The Hall–Kier alpha value is -3.16. The van der Waals surface area contributed by atoms with Crippen LogP contribution in [-0.4, -0.2) is 33.4 Å². The number of aromatic nitrogens is 1. The lowest BCUT2D eigenvalue weighted by Crippen LogP contribution is -2.41. The lowest BCUT2D eigenvalue weighted by Gasteiger charge is -2.36. The molecule has 0 saturated heterocycles. The number of nitro benzene ring substituents is 1. The van der Waals surface area contributed by atoms with Crippen molar-refractivity contribution in [2.45, 2.75) is 19.0 Å². The highest BCUT2D eigenvalue weighted by Gasteiger charge is 2.28. The Labute approximate surface area is 185 Å². The van der Waals surface area contributed by atoms with Gasteiger partial charge in [-0.2, -0.15) is 0 Å². The van der Waals surface area contributed by atoms with E-state index >= 15 is 0 Å². The molecule has 4 rings (SSSR count). The number of rotatable bonds is 6. The fourth-order valence-electron chi connectivity index (χ4n) is 4.16. The SMILES string of the molecule is Cn1cccc1C(CNC(=O)c1cc(Cl)ccc1[N+](=O)[O-])N1CCc2ccccc2C1. The largest absolute Gasteiger partial charge is 0.353 e. The van der Waals surface area contributed by atoms with Gasteiger partial charge in [0.15, 0.2) is 0 Å².